The van der Waals surface area contributed by atoms with Crippen molar-refractivity contribution in [3.63, 3.8) is 0 Å². The van der Waals surface area contributed by atoms with Gasteiger partial charge in [-0.15, -0.1) is 0 Å². The predicted molar refractivity (Wildman–Crippen MR) is 84.1 cm³/mol. The van der Waals surface area contributed by atoms with E-state index in [-0.39, 0.29) is 0 Å². The van der Waals surface area contributed by atoms with Gasteiger partial charge in [0.2, 0.25) is 0 Å². The van der Waals surface area contributed by atoms with Crippen LogP contribution in [0.25, 0.3) is 21.8 Å². The van der Waals surface area contributed by atoms with Crippen LogP contribution in [0.1, 0.15) is 18.5 Å². The monoisotopic (exact) mass is 304 g/mol. The van der Waals surface area contributed by atoms with Gasteiger partial charge < -0.3 is 15.4 Å². The molecule has 22 heavy (non-hydrogen) atoms. The lowest BCUT2D eigenvalue weighted by molar-refractivity contribution is -0.0711. The van der Waals surface area contributed by atoms with Crippen LogP contribution in [0, 0.1) is 0 Å². The highest BCUT2D eigenvalue weighted by molar-refractivity contribution is 6.08. The highest BCUT2D eigenvalue weighted by Crippen LogP contribution is 2.34. The van der Waals surface area contributed by atoms with Crippen molar-refractivity contribution in [2.45, 2.75) is 25.4 Å². The summed E-state index contributed by atoms with van der Waals surface area (Å²) in [6.07, 6.45) is 0. The van der Waals surface area contributed by atoms with Gasteiger partial charge in [-0.3, -0.25) is 0 Å². The van der Waals surface area contributed by atoms with Gasteiger partial charge in [0.05, 0.1) is 6.04 Å². The quantitative estimate of drug-likeness (QED) is 0.776. The Hall–Kier alpha value is -1.98. The maximum Gasteiger partial charge on any atom is 0.289 e. The summed E-state index contributed by atoms with van der Waals surface area (Å²) >= 11 is 0. The number of aliphatic hydroxyl groups excluding tert-OH is 1. The molecule has 3 rings (SSSR count). The summed E-state index contributed by atoms with van der Waals surface area (Å²) in [6.45, 7) is 1.58. The molecule has 0 aliphatic carbocycles. The van der Waals surface area contributed by atoms with E-state index in [0.29, 0.717) is 5.56 Å². The van der Waals surface area contributed by atoms with Gasteiger partial charge in [-0.25, -0.2) is 8.78 Å². The van der Waals surface area contributed by atoms with E-state index in [4.69, 9.17) is 10.8 Å². The Labute approximate surface area is 127 Å². The minimum atomic E-state index is -3.34. The van der Waals surface area contributed by atoms with Gasteiger partial charge >= 0.3 is 0 Å². The van der Waals surface area contributed by atoms with Crippen LogP contribution in [-0.4, -0.2) is 22.2 Å². The fourth-order valence-corrected chi connectivity index (χ4v) is 2.95. The zero-order valence-electron chi connectivity index (χ0n) is 12.3. The number of hydrogen-bond donors (Lipinski definition) is 2. The van der Waals surface area contributed by atoms with Crippen LogP contribution >= 0.6 is 0 Å². The fraction of sp³-hybridized carbons (Fsp3) is 0.294. The third-order valence-electron chi connectivity index (χ3n) is 4.14. The number of para-hydroxylation sites is 1. The minimum absolute atomic E-state index is 0.325. The number of nitrogens with zero attached hydrogens (tertiary/aromatic N) is 1. The zero-order valence-corrected chi connectivity index (χ0v) is 12.3. The van der Waals surface area contributed by atoms with Crippen molar-refractivity contribution in [1.82, 2.24) is 4.57 Å². The third kappa shape index (κ3) is 2.17. The number of hydrogen-bond acceptors (Lipinski definition) is 2. The summed E-state index contributed by atoms with van der Waals surface area (Å²) in [6, 6.07) is 11.5. The number of benzene rings is 2. The van der Waals surface area contributed by atoms with E-state index in [1.807, 2.05) is 37.3 Å². The SMILES string of the molecule is CCn1c2ccccc2c2cc([C@H](N)C(F)(F)CO)ccc21. The molecule has 0 radical (unpaired) electrons. The molecule has 0 aliphatic rings. The van der Waals surface area contributed by atoms with E-state index in [1.165, 1.54) is 0 Å². The molecule has 3 nitrogen and oxygen atoms in total. The molecule has 0 unspecified atom stereocenters. The van der Waals surface area contributed by atoms with Crippen molar-refractivity contribution in [1.29, 1.82) is 0 Å². The van der Waals surface area contributed by atoms with Crippen LogP contribution in [0.15, 0.2) is 42.5 Å². The highest BCUT2D eigenvalue weighted by Gasteiger charge is 2.37. The van der Waals surface area contributed by atoms with Crippen LogP contribution in [-0.2, 0) is 6.54 Å². The Balaban J connectivity index is 2.24. The zero-order chi connectivity index (χ0) is 15.9. The molecular formula is C17H18F2N2O. The number of aromatic nitrogens is 1. The molecule has 0 saturated carbocycles. The predicted octanol–water partition coefficient (Wildman–Crippen LogP) is 3.44. The van der Waals surface area contributed by atoms with Crippen molar-refractivity contribution in [3.05, 3.63) is 48.0 Å². The molecule has 1 aromatic heterocycles. The average molecular weight is 304 g/mol. The first-order valence-electron chi connectivity index (χ1n) is 7.24. The molecule has 1 atom stereocenters. The van der Waals surface area contributed by atoms with Gasteiger partial charge in [0.25, 0.3) is 5.92 Å². The largest absolute Gasteiger partial charge is 0.390 e. The van der Waals surface area contributed by atoms with E-state index >= 15 is 0 Å². The van der Waals surface area contributed by atoms with Gasteiger partial charge in [-0.05, 0) is 30.7 Å². The van der Waals surface area contributed by atoms with E-state index in [1.54, 1.807) is 12.1 Å². The lowest BCUT2D eigenvalue weighted by atomic mass is 9.99. The number of fused-ring (bicyclic) bond motifs is 3. The number of alkyl halides is 2. The molecule has 5 heteroatoms. The number of aryl methyl sites for hydroxylation is 1. The summed E-state index contributed by atoms with van der Waals surface area (Å²) in [5.41, 5.74) is 8.03. The van der Waals surface area contributed by atoms with Crippen molar-refractivity contribution in [3.8, 4) is 0 Å². The second-order valence-corrected chi connectivity index (χ2v) is 5.43. The maximum atomic E-state index is 13.6. The van der Waals surface area contributed by atoms with Crippen molar-refractivity contribution >= 4 is 21.8 Å². The highest BCUT2D eigenvalue weighted by atomic mass is 19.3. The Morgan fingerprint density at radius 1 is 1.14 bits per heavy atom. The number of halogens is 2. The van der Waals surface area contributed by atoms with Crippen molar-refractivity contribution < 1.29 is 13.9 Å². The first-order valence-corrected chi connectivity index (χ1v) is 7.24. The maximum absolute atomic E-state index is 13.6. The second kappa shape index (κ2) is 5.34. The van der Waals surface area contributed by atoms with Crippen LogP contribution < -0.4 is 5.73 Å². The fourth-order valence-electron chi connectivity index (χ4n) is 2.95. The first-order chi connectivity index (χ1) is 10.5. The normalized spacial score (nSPS) is 13.9. The van der Waals surface area contributed by atoms with Crippen LogP contribution in [0.2, 0.25) is 0 Å². The third-order valence-corrected chi connectivity index (χ3v) is 4.14. The van der Waals surface area contributed by atoms with Gasteiger partial charge in [-0.2, -0.15) is 0 Å². The Morgan fingerprint density at radius 3 is 2.50 bits per heavy atom. The van der Waals surface area contributed by atoms with Gasteiger partial charge in [0, 0.05) is 28.4 Å². The van der Waals surface area contributed by atoms with E-state index in [9.17, 15) is 8.78 Å². The van der Waals surface area contributed by atoms with E-state index in [0.717, 1.165) is 28.4 Å². The molecule has 0 fully saturated rings. The lowest BCUT2D eigenvalue weighted by Crippen LogP contribution is -2.36. The summed E-state index contributed by atoms with van der Waals surface area (Å²) in [5.74, 6) is -3.34. The average Bonchev–Trinajstić information content (AvgIpc) is 2.87. The molecule has 2 aromatic carbocycles. The van der Waals surface area contributed by atoms with Crippen LogP contribution in [0.4, 0.5) is 8.78 Å². The molecule has 3 N–H and O–H groups in total. The van der Waals surface area contributed by atoms with Gasteiger partial charge in [0.1, 0.15) is 6.61 Å². The van der Waals surface area contributed by atoms with Gasteiger partial charge in [-0.1, -0.05) is 24.3 Å². The van der Waals surface area contributed by atoms with Crippen LogP contribution in [0.5, 0.6) is 0 Å². The summed E-state index contributed by atoms with van der Waals surface area (Å²) in [7, 11) is 0. The Kier molecular flexibility index (Phi) is 3.62. The van der Waals surface area contributed by atoms with Crippen molar-refractivity contribution in [2.75, 3.05) is 6.61 Å². The summed E-state index contributed by atoms with van der Waals surface area (Å²) < 4.78 is 29.4. The molecule has 3 aromatic rings. The second-order valence-electron chi connectivity index (χ2n) is 5.43. The first kappa shape index (κ1) is 14.9. The Morgan fingerprint density at radius 2 is 1.82 bits per heavy atom. The molecule has 0 aliphatic heterocycles. The molecule has 0 bridgehead atoms. The van der Waals surface area contributed by atoms with Crippen LogP contribution in [0.3, 0.4) is 0 Å². The standard InChI is InChI=1S/C17H18F2N2O/c1-2-21-14-6-4-3-5-12(14)13-9-11(7-8-15(13)21)16(20)17(18,19)10-22/h3-9,16,22H,2,10,20H2,1H3/t16-/m0/s1. The molecule has 0 saturated heterocycles. The number of rotatable bonds is 4. The number of aliphatic hydroxyl groups is 1. The van der Waals surface area contributed by atoms with Crippen molar-refractivity contribution in [2.24, 2.45) is 5.73 Å². The van der Waals surface area contributed by atoms with E-state index < -0.39 is 18.6 Å². The molecular weight excluding hydrogens is 286 g/mol. The Bertz CT molecular complexity index is 826. The number of nitrogens with two attached hydrogens (primary N) is 1. The smallest absolute Gasteiger partial charge is 0.289 e. The molecule has 1 heterocycles. The summed E-state index contributed by atoms with van der Waals surface area (Å²) in [4.78, 5) is 0. The van der Waals surface area contributed by atoms with Gasteiger partial charge in [0.15, 0.2) is 0 Å². The lowest BCUT2D eigenvalue weighted by Gasteiger charge is -2.21. The molecule has 0 amide bonds. The topological polar surface area (TPSA) is 51.2 Å². The molecule has 0 spiro atoms. The molecule has 116 valence electrons. The summed E-state index contributed by atoms with van der Waals surface area (Å²) in [5, 5.41) is 10.7. The van der Waals surface area contributed by atoms with E-state index in [2.05, 4.69) is 4.57 Å². The minimum Gasteiger partial charge on any atom is -0.390 e.